The van der Waals surface area contributed by atoms with E-state index >= 15 is 0 Å². The van der Waals surface area contributed by atoms with Gasteiger partial charge < -0.3 is 10.6 Å². The maximum atomic E-state index is 6.04. The van der Waals surface area contributed by atoms with Crippen LogP contribution < -0.4 is 10.6 Å². The fraction of sp³-hybridized carbons (Fsp3) is 0.111. The number of anilines is 2. The first-order valence-corrected chi connectivity index (χ1v) is 8.29. The molecule has 0 fully saturated rings. The molecule has 24 heavy (non-hydrogen) atoms. The molecule has 0 saturated heterocycles. The molecular weight excluding hydrogens is 340 g/mol. The quantitative estimate of drug-likeness (QED) is 0.665. The lowest BCUT2D eigenvalue weighted by molar-refractivity contribution is 0.687. The number of benzene rings is 2. The summed E-state index contributed by atoms with van der Waals surface area (Å²) in [6.07, 6.45) is 3.71. The lowest BCUT2D eigenvalue weighted by Gasteiger charge is -2.13. The van der Waals surface area contributed by atoms with E-state index in [1.54, 1.807) is 6.20 Å². The number of aromatic nitrogens is 2. The van der Waals surface area contributed by atoms with Gasteiger partial charge in [-0.25, -0.2) is 0 Å². The highest BCUT2D eigenvalue weighted by molar-refractivity contribution is 7.80. The second-order valence-corrected chi connectivity index (χ2v) is 6.29. The van der Waals surface area contributed by atoms with Gasteiger partial charge in [0.1, 0.15) is 0 Å². The van der Waals surface area contributed by atoms with Crippen molar-refractivity contribution in [2.45, 2.75) is 13.5 Å². The molecule has 6 heteroatoms. The van der Waals surface area contributed by atoms with Crippen LogP contribution >= 0.6 is 23.8 Å². The van der Waals surface area contributed by atoms with Crippen LogP contribution in [0.15, 0.2) is 60.9 Å². The number of rotatable bonds is 4. The molecule has 0 bridgehead atoms. The van der Waals surface area contributed by atoms with Gasteiger partial charge in [0.25, 0.3) is 0 Å². The average molecular weight is 357 g/mol. The van der Waals surface area contributed by atoms with E-state index in [0.717, 1.165) is 29.0 Å². The number of halogens is 1. The molecule has 2 N–H and O–H groups in total. The highest BCUT2D eigenvalue weighted by Gasteiger charge is 2.04. The first kappa shape index (κ1) is 16.5. The van der Waals surface area contributed by atoms with E-state index in [9.17, 15) is 0 Å². The predicted octanol–water partition coefficient (Wildman–Crippen LogP) is 4.70. The zero-order valence-corrected chi connectivity index (χ0v) is 14.7. The molecule has 1 heterocycles. The van der Waals surface area contributed by atoms with Gasteiger partial charge in [-0.15, -0.1) is 0 Å². The molecule has 0 saturated carbocycles. The summed E-state index contributed by atoms with van der Waals surface area (Å²) < 4.78 is 1.88. The van der Waals surface area contributed by atoms with Gasteiger partial charge in [-0.1, -0.05) is 29.8 Å². The van der Waals surface area contributed by atoms with Gasteiger partial charge in [0, 0.05) is 28.8 Å². The average Bonchev–Trinajstić information content (AvgIpc) is 3.04. The summed E-state index contributed by atoms with van der Waals surface area (Å²) in [6, 6.07) is 15.7. The van der Waals surface area contributed by atoms with Crippen LogP contribution in [0.1, 0.15) is 11.1 Å². The number of thiocarbonyl (C=S) groups is 1. The molecular formula is C18H17ClN4S. The van der Waals surface area contributed by atoms with Crippen molar-refractivity contribution in [1.29, 1.82) is 0 Å². The minimum absolute atomic E-state index is 0.525. The Morgan fingerprint density at radius 2 is 2.04 bits per heavy atom. The number of hydrogen-bond donors (Lipinski definition) is 2. The SMILES string of the molecule is Cc1ccc(Cl)cc1NC(=S)Nc1cccc(Cn2cccn2)c1. The fourth-order valence-corrected chi connectivity index (χ4v) is 2.74. The molecule has 0 spiro atoms. The first-order chi connectivity index (χ1) is 11.6. The van der Waals surface area contributed by atoms with E-state index in [4.69, 9.17) is 23.8 Å². The van der Waals surface area contributed by atoms with Gasteiger partial charge >= 0.3 is 0 Å². The molecule has 4 nitrogen and oxygen atoms in total. The van der Waals surface area contributed by atoms with E-state index in [0.29, 0.717) is 10.1 Å². The molecule has 0 amide bonds. The van der Waals surface area contributed by atoms with E-state index in [-0.39, 0.29) is 0 Å². The summed E-state index contributed by atoms with van der Waals surface area (Å²) >= 11 is 11.4. The molecule has 0 atom stereocenters. The maximum absolute atomic E-state index is 6.04. The van der Waals surface area contributed by atoms with Crippen molar-refractivity contribution in [2.75, 3.05) is 10.6 Å². The van der Waals surface area contributed by atoms with Gasteiger partial charge in [-0.2, -0.15) is 5.10 Å². The molecule has 0 aliphatic rings. The molecule has 3 aromatic rings. The molecule has 0 radical (unpaired) electrons. The lowest BCUT2D eigenvalue weighted by atomic mass is 10.2. The van der Waals surface area contributed by atoms with Crippen molar-refractivity contribution in [2.24, 2.45) is 0 Å². The summed E-state index contributed by atoms with van der Waals surface area (Å²) in [7, 11) is 0. The lowest BCUT2D eigenvalue weighted by Crippen LogP contribution is -2.19. The number of hydrogen-bond acceptors (Lipinski definition) is 2. The Bertz CT molecular complexity index is 846. The predicted molar refractivity (Wildman–Crippen MR) is 104 cm³/mol. The summed E-state index contributed by atoms with van der Waals surface area (Å²) in [4.78, 5) is 0. The summed E-state index contributed by atoms with van der Waals surface area (Å²) in [5, 5.41) is 11.8. The Morgan fingerprint density at radius 1 is 1.17 bits per heavy atom. The van der Waals surface area contributed by atoms with Crippen LogP contribution in [0.3, 0.4) is 0 Å². The van der Waals surface area contributed by atoms with Crippen LogP contribution in [-0.2, 0) is 6.54 Å². The molecule has 2 aromatic carbocycles. The smallest absolute Gasteiger partial charge is 0.175 e. The monoisotopic (exact) mass is 356 g/mol. The Labute approximate surface area is 151 Å². The molecule has 1 aromatic heterocycles. The van der Waals surface area contributed by atoms with E-state index in [2.05, 4.69) is 27.9 Å². The highest BCUT2D eigenvalue weighted by Crippen LogP contribution is 2.20. The third kappa shape index (κ3) is 4.34. The van der Waals surface area contributed by atoms with Crippen LogP contribution in [0.2, 0.25) is 5.02 Å². The molecule has 0 unspecified atom stereocenters. The van der Waals surface area contributed by atoms with Gasteiger partial charge in [-0.05, 0) is 60.6 Å². The van der Waals surface area contributed by atoms with Crippen LogP contribution in [0.25, 0.3) is 0 Å². The van der Waals surface area contributed by atoms with Crippen LogP contribution in [-0.4, -0.2) is 14.9 Å². The second-order valence-electron chi connectivity index (χ2n) is 5.44. The van der Waals surface area contributed by atoms with Crippen LogP contribution in [0, 0.1) is 6.92 Å². The molecule has 0 aliphatic carbocycles. The van der Waals surface area contributed by atoms with Gasteiger partial charge in [0.15, 0.2) is 5.11 Å². The minimum atomic E-state index is 0.525. The van der Waals surface area contributed by atoms with Crippen molar-refractivity contribution in [3.63, 3.8) is 0 Å². The molecule has 3 rings (SSSR count). The van der Waals surface area contributed by atoms with Crippen molar-refractivity contribution >= 4 is 40.3 Å². The third-order valence-corrected chi connectivity index (χ3v) is 3.98. The van der Waals surface area contributed by atoms with Gasteiger partial charge in [0.05, 0.1) is 6.54 Å². The summed E-state index contributed by atoms with van der Waals surface area (Å²) in [6.45, 7) is 2.72. The second kappa shape index (κ2) is 7.47. The Balaban J connectivity index is 1.67. The van der Waals surface area contributed by atoms with E-state index in [1.165, 1.54) is 0 Å². The van der Waals surface area contributed by atoms with Crippen molar-refractivity contribution in [3.05, 3.63) is 77.1 Å². The van der Waals surface area contributed by atoms with E-state index < -0.39 is 0 Å². The fourth-order valence-electron chi connectivity index (χ4n) is 2.34. The van der Waals surface area contributed by atoms with Crippen molar-refractivity contribution in [1.82, 2.24) is 9.78 Å². The third-order valence-electron chi connectivity index (χ3n) is 3.54. The number of nitrogens with zero attached hydrogens (tertiary/aromatic N) is 2. The molecule has 122 valence electrons. The Kier molecular flexibility index (Phi) is 5.13. The summed E-state index contributed by atoms with van der Waals surface area (Å²) in [5.74, 6) is 0. The Hall–Kier alpha value is -2.37. The van der Waals surface area contributed by atoms with E-state index in [1.807, 2.05) is 54.2 Å². The van der Waals surface area contributed by atoms with Gasteiger partial charge in [0.2, 0.25) is 0 Å². The van der Waals surface area contributed by atoms with Crippen LogP contribution in [0.4, 0.5) is 11.4 Å². The Morgan fingerprint density at radius 3 is 2.83 bits per heavy atom. The standard InChI is InChI=1S/C18H17ClN4S/c1-13-6-7-15(19)11-17(13)22-18(24)21-16-5-2-4-14(10-16)12-23-9-3-8-20-23/h2-11H,12H2,1H3,(H2,21,22,24). The largest absolute Gasteiger partial charge is 0.332 e. The van der Waals surface area contributed by atoms with Crippen molar-refractivity contribution < 1.29 is 0 Å². The topological polar surface area (TPSA) is 41.9 Å². The number of aryl methyl sites for hydroxylation is 1. The maximum Gasteiger partial charge on any atom is 0.175 e. The minimum Gasteiger partial charge on any atom is -0.332 e. The zero-order valence-electron chi connectivity index (χ0n) is 13.2. The normalized spacial score (nSPS) is 10.4. The number of nitrogens with one attached hydrogen (secondary N) is 2. The zero-order chi connectivity index (χ0) is 16.9. The molecule has 0 aliphatic heterocycles. The highest BCUT2D eigenvalue weighted by atomic mass is 35.5. The summed E-state index contributed by atoms with van der Waals surface area (Å²) in [5.41, 5.74) is 4.05. The van der Waals surface area contributed by atoms with Gasteiger partial charge in [-0.3, -0.25) is 4.68 Å². The first-order valence-electron chi connectivity index (χ1n) is 7.51. The van der Waals surface area contributed by atoms with Crippen molar-refractivity contribution in [3.8, 4) is 0 Å². The van der Waals surface area contributed by atoms with Crippen LogP contribution in [0.5, 0.6) is 0 Å².